The molecule has 3 nitrogen and oxygen atoms in total. The zero-order chi connectivity index (χ0) is 19.1. The minimum atomic E-state index is -0.0808. The first-order chi connectivity index (χ1) is 13.2. The summed E-state index contributed by atoms with van der Waals surface area (Å²) >= 11 is 5.05. The molecule has 140 valence electrons. The molecule has 1 atom stereocenters. The number of para-hydroxylation sites is 1. The van der Waals surface area contributed by atoms with Crippen LogP contribution in [0, 0.1) is 0 Å². The van der Waals surface area contributed by atoms with Crippen molar-refractivity contribution in [2.24, 2.45) is 0 Å². The van der Waals surface area contributed by atoms with Gasteiger partial charge in [-0.2, -0.15) is 0 Å². The Morgan fingerprint density at radius 2 is 1.81 bits per heavy atom. The fourth-order valence-electron chi connectivity index (χ4n) is 3.17. The van der Waals surface area contributed by atoms with Crippen molar-refractivity contribution in [1.82, 2.24) is 4.98 Å². The molecular formula is C23H25NO2S. The maximum Gasteiger partial charge on any atom is 0.164 e. The summed E-state index contributed by atoms with van der Waals surface area (Å²) in [5.41, 5.74) is 2.90. The lowest BCUT2D eigenvalue weighted by atomic mass is 9.94. The van der Waals surface area contributed by atoms with E-state index in [4.69, 9.17) is 17.0 Å². The van der Waals surface area contributed by atoms with Crippen LogP contribution in [0.2, 0.25) is 0 Å². The van der Waals surface area contributed by atoms with E-state index in [0.29, 0.717) is 6.61 Å². The van der Waals surface area contributed by atoms with Gasteiger partial charge in [-0.3, -0.25) is 0 Å². The van der Waals surface area contributed by atoms with Crippen molar-refractivity contribution in [3.8, 4) is 5.75 Å². The smallest absolute Gasteiger partial charge is 0.164 e. The van der Waals surface area contributed by atoms with E-state index in [1.165, 1.54) is 0 Å². The number of hydrogen-bond acceptors (Lipinski definition) is 3. The molecule has 27 heavy (non-hydrogen) atoms. The zero-order valence-corrected chi connectivity index (χ0v) is 16.4. The van der Waals surface area contributed by atoms with Crippen LogP contribution >= 0.6 is 12.2 Å². The summed E-state index contributed by atoms with van der Waals surface area (Å²) in [5, 5.41) is 11.1. The molecule has 0 amide bonds. The van der Waals surface area contributed by atoms with Gasteiger partial charge in [0, 0.05) is 5.39 Å². The summed E-state index contributed by atoms with van der Waals surface area (Å²) in [6.45, 7) is 2.59. The summed E-state index contributed by atoms with van der Waals surface area (Å²) in [4.78, 5) is 4.63. The number of aliphatic hydroxyl groups excluding tert-OH is 1. The van der Waals surface area contributed by atoms with Crippen LogP contribution in [0.15, 0.2) is 60.7 Å². The number of pyridine rings is 1. The highest BCUT2D eigenvalue weighted by Crippen LogP contribution is 2.26. The molecule has 3 aromatic rings. The van der Waals surface area contributed by atoms with Gasteiger partial charge in [-0.25, -0.2) is 4.98 Å². The van der Waals surface area contributed by atoms with Gasteiger partial charge in [-0.1, -0.05) is 62.6 Å². The SMILES string of the molecule is CCCCCC(C(O)=S)c1ccc(OCc2ccc3ccccc3n2)cc1. The van der Waals surface area contributed by atoms with Gasteiger partial charge in [0.1, 0.15) is 12.4 Å². The number of nitrogens with zero attached hydrogens (tertiary/aromatic N) is 1. The maximum absolute atomic E-state index is 9.86. The predicted molar refractivity (Wildman–Crippen MR) is 115 cm³/mol. The normalized spacial score (nSPS) is 12.0. The third-order valence-electron chi connectivity index (χ3n) is 4.72. The van der Waals surface area contributed by atoms with Gasteiger partial charge in [0.25, 0.3) is 0 Å². The number of ether oxygens (including phenoxy) is 1. The Labute approximate surface area is 166 Å². The van der Waals surface area contributed by atoms with Crippen LogP contribution in [0.5, 0.6) is 5.75 Å². The molecule has 0 bridgehead atoms. The van der Waals surface area contributed by atoms with Crippen molar-refractivity contribution in [1.29, 1.82) is 0 Å². The Bertz CT molecular complexity index is 892. The second-order valence-electron chi connectivity index (χ2n) is 6.74. The van der Waals surface area contributed by atoms with Gasteiger partial charge in [0.05, 0.1) is 17.1 Å². The molecule has 0 saturated heterocycles. The lowest BCUT2D eigenvalue weighted by Crippen LogP contribution is -2.09. The Balaban J connectivity index is 1.63. The maximum atomic E-state index is 9.86. The first kappa shape index (κ1) is 19.3. The third kappa shape index (κ3) is 5.27. The molecule has 0 spiro atoms. The van der Waals surface area contributed by atoms with E-state index < -0.39 is 0 Å². The van der Waals surface area contributed by atoms with Crippen molar-refractivity contribution < 1.29 is 9.84 Å². The molecule has 3 rings (SSSR count). The summed E-state index contributed by atoms with van der Waals surface area (Å²) in [5.74, 6) is 0.702. The number of unbranched alkanes of at least 4 members (excludes halogenated alkanes) is 2. The van der Waals surface area contributed by atoms with Crippen LogP contribution in [0.25, 0.3) is 10.9 Å². The van der Waals surface area contributed by atoms with Gasteiger partial charge < -0.3 is 9.84 Å². The summed E-state index contributed by atoms with van der Waals surface area (Å²) in [7, 11) is 0. The fraction of sp³-hybridized carbons (Fsp3) is 0.304. The van der Waals surface area contributed by atoms with Gasteiger partial charge in [0.15, 0.2) is 5.05 Å². The Morgan fingerprint density at radius 3 is 2.56 bits per heavy atom. The van der Waals surface area contributed by atoms with Crippen LogP contribution < -0.4 is 4.74 Å². The third-order valence-corrected chi connectivity index (χ3v) is 5.00. The molecule has 0 radical (unpaired) electrons. The number of thiocarbonyl (C=S) groups is 1. The van der Waals surface area contributed by atoms with E-state index in [9.17, 15) is 5.11 Å². The van der Waals surface area contributed by atoms with E-state index in [2.05, 4.69) is 18.0 Å². The summed E-state index contributed by atoms with van der Waals surface area (Å²) < 4.78 is 5.88. The van der Waals surface area contributed by atoms with Gasteiger partial charge in [-0.15, -0.1) is 0 Å². The Kier molecular flexibility index (Phi) is 6.77. The molecule has 1 aromatic heterocycles. The van der Waals surface area contributed by atoms with Crippen LogP contribution in [-0.4, -0.2) is 15.1 Å². The van der Waals surface area contributed by atoms with Crippen LogP contribution in [0.4, 0.5) is 0 Å². The van der Waals surface area contributed by atoms with Crippen LogP contribution in [0.3, 0.4) is 0 Å². The molecule has 4 heteroatoms. The molecular weight excluding hydrogens is 354 g/mol. The van der Waals surface area contributed by atoms with Crippen molar-refractivity contribution in [3.05, 3.63) is 71.9 Å². The number of fused-ring (bicyclic) bond motifs is 1. The monoisotopic (exact) mass is 379 g/mol. The molecule has 2 aromatic carbocycles. The van der Waals surface area contributed by atoms with Crippen molar-refractivity contribution in [2.75, 3.05) is 0 Å². The molecule has 0 saturated carbocycles. The molecule has 1 heterocycles. The van der Waals surface area contributed by atoms with Crippen molar-refractivity contribution in [2.45, 2.75) is 45.1 Å². The number of benzene rings is 2. The first-order valence-electron chi connectivity index (χ1n) is 9.47. The lowest BCUT2D eigenvalue weighted by molar-refractivity contribution is 0.301. The predicted octanol–water partition coefficient (Wildman–Crippen LogP) is 6.36. The van der Waals surface area contributed by atoms with Gasteiger partial charge in [0.2, 0.25) is 0 Å². The van der Waals surface area contributed by atoms with Crippen molar-refractivity contribution in [3.63, 3.8) is 0 Å². The van der Waals surface area contributed by atoms with Crippen LogP contribution in [0.1, 0.15) is 49.8 Å². The lowest BCUT2D eigenvalue weighted by Gasteiger charge is -2.15. The van der Waals surface area contributed by atoms with Crippen LogP contribution in [-0.2, 0) is 6.61 Å². The van der Waals surface area contributed by atoms with Gasteiger partial charge >= 0.3 is 0 Å². The molecule has 0 aliphatic carbocycles. The average molecular weight is 380 g/mol. The highest BCUT2D eigenvalue weighted by molar-refractivity contribution is 7.80. The van der Waals surface area contributed by atoms with E-state index in [-0.39, 0.29) is 11.0 Å². The fourth-order valence-corrected chi connectivity index (χ4v) is 3.43. The quantitative estimate of drug-likeness (QED) is 0.347. The minimum absolute atomic E-state index is 0.0696. The Morgan fingerprint density at radius 1 is 1.04 bits per heavy atom. The minimum Gasteiger partial charge on any atom is -0.502 e. The topological polar surface area (TPSA) is 42.4 Å². The standard InChI is InChI=1S/C23H25NO2S/c1-2-3-4-8-21(23(25)27)17-11-14-20(15-12-17)26-16-19-13-10-18-7-5-6-9-22(18)24-19/h5-7,9-15,21H,2-4,8,16H2,1H3,(H,25,27). The average Bonchev–Trinajstić information content (AvgIpc) is 2.70. The summed E-state index contributed by atoms with van der Waals surface area (Å²) in [6.07, 6.45) is 4.25. The van der Waals surface area contributed by atoms with E-state index >= 15 is 0 Å². The molecule has 1 N–H and O–H groups in total. The molecule has 1 unspecified atom stereocenters. The number of aromatic nitrogens is 1. The second-order valence-corrected chi connectivity index (χ2v) is 7.16. The number of aliphatic hydroxyl groups is 1. The van der Waals surface area contributed by atoms with E-state index in [1.807, 2.05) is 54.6 Å². The van der Waals surface area contributed by atoms with E-state index in [1.54, 1.807) is 0 Å². The second kappa shape index (κ2) is 9.47. The summed E-state index contributed by atoms with van der Waals surface area (Å²) in [6, 6.07) is 19.9. The molecule has 0 aliphatic heterocycles. The molecule has 0 aliphatic rings. The molecule has 0 fully saturated rings. The Hall–Kier alpha value is -2.46. The highest BCUT2D eigenvalue weighted by atomic mass is 32.1. The number of rotatable bonds is 9. The van der Waals surface area contributed by atoms with E-state index in [0.717, 1.165) is 53.6 Å². The zero-order valence-electron chi connectivity index (χ0n) is 15.6. The van der Waals surface area contributed by atoms with Crippen molar-refractivity contribution >= 4 is 28.2 Å². The largest absolute Gasteiger partial charge is 0.502 e. The van der Waals surface area contributed by atoms with Gasteiger partial charge in [-0.05, 0) is 48.5 Å². The first-order valence-corrected chi connectivity index (χ1v) is 9.88. The number of hydrogen-bond donors (Lipinski definition) is 1. The highest BCUT2D eigenvalue weighted by Gasteiger charge is 2.16.